The van der Waals surface area contributed by atoms with Crippen molar-refractivity contribution in [2.75, 3.05) is 42.8 Å². The van der Waals surface area contributed by atoms with Crippen LogP contribution in [-0.2, 0) is 4.79 Å². The predicted octanol–water partition coefficient (Wildman–Crippen LogP) is 1.21. The first-order valence-corrected chi connectivity index (χ1v) is 11.1. The number of rotatable bonds is 5. The number of anilines is 1. The zero-order chi connectivity index (χ0) is 21.1. The van der Waals surface area contributed by atoms with Gasteiger partial charge in [-0.05, 0) is 30.7 Å². The summed E-state index contributed by atoms with van der Waals surface area (Å²) in [5.74, 6) is 0.735. The van der Waals surface area contributed by atoms with E-state index in [1.807, 2.05) is 18.2 Å². The van der Waals surface area contributed by atoms with E-state index in [1.165, 1.54) is 16.7 Å². The molecule has 3 heterocycles. The Morgan fingerprint density at radius 2 is 2.23 bits per heavy atom. The number of pyridine rings is 1. The van der Waals surface area contributed by atoms with Gasteiger partial charge in [0, 0.05) is 48.6 Å². The monoisotopic (exact) mass is 425 g/mol. The molecule has 1 aromatic carbocycles. The first-order valence-electron chi connectivity index (χ1n) is 9.90. The molecule has 156 valence electrons. The summed E-state index contributed by atoms with van der Waals surface area (Å²) in [7, 11) is 0. The van der Waals surface area contributed by atoms with Crippen LogP contribution in [0.5, 0.6) is 0 Å². The molecule has 2 aromatic rings. The fourth-order valence-electron chi connectivity index (χ4n) is 3.89. The summed E-state index contributed by atoms with van der Waals surface area (Å²) < 4.78 is 0. The van der Waals surface area contributed by atoms with Gasteiger partial charge in [0.15, 0.2) is 0 Å². The van der Waals surface area contributed by atoms with Gasteiger partial charge < -0.3 is 20.2 Å². The number of nitriles is 1. The molecule has 2 amide bonds. The summed E-state index contributed by atoms with van der Waals surface area (Å²) >= 11 is 1.53. The Morgan fingerprint density at radius 3 is 3.00 bits per heavy atom. The van der Waals surface area contributed by atoms with Crippen molar-refractivity contribution in [3.8, 4) is 6.07 Å². The molecule has 0 saturated carbocycles. The number of fused-ring (bicyclic) bond motifs is 1. The Balaban J connectivity index is 1.50. The number of hydrogen-bond donors (Lipinski definition) is 2. The molecule has 0 aliphatic carbocycles. The summed E-state index contributed by atoms with van der Waals surface area (Å²) in [4.78, 5) is 33.3. The second kappa shape index (κ2) is 8.90. The van der Waals surface area contributed by atoms with Crippen LogP contribution < -0.4 is 10.2 Å². The van der Waals surface area contributed by atoms with Crippen LogP contribution in [0.25, 0.3) is 10.9 Å². The van der Waals surface area contributed by atoms with Crippen LogP contribution in [-0.4, -0.2) is 70.7 Å². The maximum absolute atomic E-state index is 12.8. The Morgan fingerprint density at radius 1 is 1.37 bits per heavy atom. The predicted molar refractivity (Wildman–Crippen MR) is 115 cm³/mol. The third-order valence-corrected chi connectivity index (χ3v) is 6.64. The van der Waals surface area contributed by atoms with E-state index in [0.717, 1.165) is 30.6 Å². The molecule has 8 nitrogen and oxygen atoms in total. The maximum atomic E-state index is 12.8. The lowest BCUT2D eigenvalue weighted by atomic mass is 10.1. The fourth-order valence-corrected chi connectivity index (χ4v) is 5.00. The number of carbonyl (C=O) groups excluding carboxylic acids is 2. The highest BCUT2D eigenvalue weighted by Crippen LogP contribution is 2.28. The minimum atomic E-state index is -0.438. The van der Waals surface area contributed by atoms with Gasteiger partial charge in [-0.25, -0.2) is 0 Å². The molecule has 2 aliphatic rings. The first kappa shape index (κ1) is 20.4. The van der Waals surface area contributed by atoms with Crippen molar-refractivity contribution in [1.82, 2.24) is 15.2 Å². The summed E-state index contributed by atoms with van der Waals surface area (Å²) in [6, 6.07) is 9.14. The Bertz CT molecular complexity index is 1010. The van der Waals surface area contributed by atoms with Gasteiger partial charge in [0.25, 0.3) is 5.91 Å². The topological polar surface area (TPSA) is 110 Å². The highest BCUT2D eigenvalue weighted by Gasteiger charge is 2.29. The molecule has 0 radical (unpaired) electrons. The van der Waals surface area contributed by atoms with Gasteiger partial charge in [-0.2, -0.15) is 5.26 Å². The van der Waals surface area contributed by atoms with Crippen molar-refractivity contribution in [1.29, 1.82) is 5.26 Å². The molecule has 2 unspecified atom stereocenters. The molecule has 0 spiro atoms. The molecule has 9 heteroatoms. The summed E-state index contributed by atoms with van der Waals surface area (Å²) in [6.45, 7) is 1.67. The van der Waals surface area contributed by atoms with E-state index in [9.17, 15) is 14.7 Å². The highest BCUT2D eigenvalue weighted by atomic mass is 32.2. The zero-order valence-electron chi connectivity index (χ0n) is 16.5. The van der Waals surface area contributed by atoms with Gasteiger partial charge in [-0.15, -0.1) is 11.8 Å². The van der Waals surface area contributed by atoms with Crippen LogP contribution in [0.3, 0.4) is 0 Å². The number of hydrogen-bond acceptors (Lipinski definition) is 7. The first-order chi connectivity index (χ1) is 14.6. The van der Waals surface area contributed by atoms with E-state index in [0.29, 0.717) is 22.7 Å². The van der Waals surface area contributed by atoms with Crippen molar-refractivity contribution < 1.29 is 14.7 Å². The number of nitrogens with one attached hydrogen (secondary N) is 1. The van der Waals surface area contributed by atoms with Crippen LogP contribution in [0.4, 0.5) is 5.69 Å². The molecular weight excluding hydrogens is 402 g/mol. The standard InChI is InChI=1S/C21H23N5O3S/c22-8-16-12-30-13-26(16)20(28)9-24-21(29)17-3-5-23-19-2-1-15(7-18(17)19)25-6-4-14(10-25)11-27/h1-3,5,7,14,16,27H,4,6,9-13H2,(H,24,29). The zero-order valence-corrected chi connectivity index (χ0v) is 17.3. The number of thioether (sulfide) groups is 1. The highest BCUT2D eigenvalue weighted by molar-refractivity contribution is 7.99. The van der Waals surface area contributed by atoms with Gasteiger partial charge in [-0.1, -0.05) is 0 Å². The van der Waals surface area contributed by atoms with E-state index in [4.69, 9.17) is 5.26 Å². The number of carbonyl (C=O) groups is 2. The molecule has 30 heavy (non-hydrogen) atoms. The van der Waals surface area contributed by atoms with E-state index < -0.39 is 6.04 Å². The second-order valence-corrected chi connectivity index (χ2v) is 8.53. The third-order valence-electron chi connectivity index (χ3n) is 5.63. The lowest BCUT2D eigenvalue weighted by molar-refractivity contribution is -0.129. The van der Waals surface area contributed by atoms with Crippen molar-refractivity contribution in [2.24, 2.45) is 5.92 Å². The molecule has 1 aromatic heterocycles. The van der Waals surface area contributed by atoms with Crippen LogP contribution >= 0.6 is 11.8 Å². The second-order valence-electron chi connectivity index (χ2n) is 7.53. The van der Waals surface area contributed by atoms with Crippen molar-refractivity contribution in [3.63, 3.8) is 0 Å². The molecule has 2 atom stereocenters. The van der Waals surface area contributed by atoms with Gasteiger partial charge in [0.2, 0.25) is 5.91 Å². The van der Waals surface area contributed by atoms with Crippen LogP contribution in [0.15, 0.2) is 30.5 Å². The smallest absolute Gasteiger partial charge is 0.252 e. The van der Waals surface area contributed by atoms with Gasteiger partial charge in [0.05, 0.1) is 29.6 Å². The number of aliphatic hydroxyl groups is 1. The molecule has 2 aliphatic heterocycles. The summed E-state index contributed by atoms with van der Waals surface area (Å²) in [6.07, 6.45) is 2.52. The summed E-state index contributed by atoms with van der Waals surface area (Å²) in [5, 5.41) is 21.9. The van der Waals surface area contributed by atoms with Crippen LogP contribution in [0, 0.1) is 17.2 Å². The number of benzene rings is 1. The molecule has 2 fully saturated rings. The van der Waals surface area contributed by atoms with Crippen LogP contribution in [0.1, 0.15) is 16.8 Å². The normalized spacial score (nSPS) is 21.1. The number of aromatic nitrogens is 1. The van der Waals surface area contributed by atoms with Crippen molar-refractivity contribution in [2.45, 2.75) is 12.5 Å². The largest absolute Gasteiger partial charge is 0.396 e. The average molecular weight is 426 g/mol. The minimum absolute atomic E-state index is 0.147. The van der Waals surface area contributed by atoms with Crippen molar-refractivity contribution in [3.05, 3.63) is 36.0 Å². The van der Waals surface area contributed by atoms with Crippen LogP contribution in [0.2, 0.25) is 0 Å². The Hall–Kier alpha value is -2.83. The van der Waals surface area contributed by atoms with E-state index in [1.54, 1.807) is 12.3 Å². The number of amides is 2. The lowest BCUT2D eigenvalue weighted by Gasteiger charge is -2.20. The van der Waals surface area contributed by atoms with Gasteiger partial charge in [0.1, 0.15) is 6.04 Å². The van der Waals surface area contributed by atoms with E-state index in [-0.39, 0.29) is 30.9 Å². The maximum Gasteiger partial charge on any atom is 0.252 e. The number of aliphatic hydroxyl groups excluding tert-OH is 1. The fraction of sp³-hybridized carbons (Fsp3) is 0.429. The third kappa shape index (κ3) is 4.06. The Labute approximate surface area is 178 Å². The van der Waals surface area contributed by atoms with Gasteiger partial charge >= 0.3 is 0 Å². The number of nitrogens with zero attached hydrogens (tertiary/aromatic N) is 4. The van der Waals surface area contributed by atoms with Crippen molar-refractivity contribution >= 4 is 40.2 Å². The van der Waals surface area contributed by atoms with E-state index in [2.05, 4.69) is 21.3 Å². The van der Waals surface area contributed by atoms with E-state index >= 15 is 0 Å². The molecule has 2 saturated heterocycles. The molecule has 2 N–H and O–H groups in total. The summed E-state index contributed by atoms with van der Waals surface area (Å²) in [5.41, 5.74) is 2.15. The minimum Gasteiger partial charge on any atom is -0.396 e. The SMILES string of the molecule is N#CC1CSCN1C(=O)CNC(=O)c1ccnc2ccc(N3CCC(CO)C3)cc12. The lowest BCUT2D eigenvalue weighted by Crippen LogP contribution is -2.42. The molecular formula is C21H23N5O3S. The molecule has 4 rings (SSSR count). The quantitative estimate of drug-likeness (QED) is 0.741. The molecule has 0 bridgehead atoms. The Kier molecular flexibility index (Phi) is 6.06. The van der Waals surface area contributed by atoms with Gasteiger partial charge in [-0.3, -0.25) is 14.6 Å². The average Bonchev–Trinajstić information content (AvgIpc) is 3.45.